The molecule has 1 saturated carbocycles. The molecule has 1 aliphatic carbocycles. The van der Waals surface area contributed by atoms with Crippen molar-refractivity contribution < 1.29 is 4.79 Å². The molecule has 5 heteroatoms. The Balaban J connectivity index is 0.00000220. The van der Waals surface area contributed by atoms with E-state index in [-0.39, 0.29) is 18.3 Å². The minimum absolute atomic E-state index is 0. The Hall–Kier alpha value is -1.000. The molecular weight excluding hydrogens is 286 g/mol. The van der Waals surface area contributed by atoms with E-state index < -0.39 is 0 Å². The molecule has 1 heterocycles. The maximum absolute atomic E-state index is 12.2. The number of carbonyl (C=O) groups is 1. The van der Waals surface area contributed by atoms with Crippen molar-refractivity contribution in [2.75, 3.05) is 13.1 Å². The number of nitrogens with zero attached hydrogens (tertiary/aromatic N) is 1. The third-order valence-electron chi connectivity index (χ3n) is 4.34. The second-order valence-electron chi connectivity index (χ2n) is 5.84. The zero-order chi connectivity index (χ0) is 14.5. The number of aromatic nitrogens is 1. The van der Waals surface area contributed by atoms with E-state index >= 15 is 0 Å². The molecule has 21 heavy (non-hydrogen) atoms. The Morgan fingerprint density at radius 1 is 1.33 bits per heavy atom. The van der Waals surface area contributed by atoms with Crippen molar-refractivity contribution in [1.82, 2.24) is 9.88 Å². The summed E-state index contributed by atoms with van der Waals surface area (Å²) in [5, 5.41) is 2.95. The first kappa shape index (κ1) is 18.1. The molecule has 0 unspecified atom stereocenters. The van der Waals surface area contributed by atoms with Crippen LogP contribution in [-0.2, 0) is 0 Å². The van der Waals surface area contributed by atoms with Crippen LogP contribution in [0.3, 0.4) is 0 Å². The van der Waals surface area contributed by atoms with Crippen LogP contribution in [0.25, 0.3) is 0 Å². The van der Waals surface area contributed by atoms with Gasteiger partial charge in [0.1, 0.15) is 0 Å². The number of hydrogen-bond acceptors (Lipinski definition) is 2. The van der Waals surface area contributed by atoms with Crippen molar-refractivity contribution in [3.63, 3.8) is 0 Å². The van der Waals surface area contributed by atoms with Crippen molar-refractivity contribution in [3.8, 4) is 0 Å². The van der Waals surface area contributed by atoms with Crippen LogP contribution >= 0.6 is 12.4 Å². The Morgan fingerprint density at radius 3 is 2.62 bits per heavy atom. The molecule has 1 aromatic rings. The molecular formula is C16H28ClN3O. The van der Waals surface area contributed by atoms with Gasteiger partial charge in [-0.1, -0.05) is 19.3 Å². The highest BCUT2D eigenvalue weighted by Gasteiger charge is 2.22. The number of amides is 1. The third-order valence-corrected chi connectivity index (χ3v) is 4.34. The maximum atomic E-state index is 12.2. The Kier molecular flexibility index (Phi) is 7.26. The predicted molar refractivity (Wildman–Crippen MR) is 89.3 cm³/mol. The lowest BCUT2D eigenvalue weighted by atomic mass is 9.95. The molecule has 0 saturated heterocycles. The SMILES string of the molecule is Cc1cc(C(=O)NCCCN)c(C)n1C1CCCCC1.Cl. The molecule has 0 aliphatic heterocycles. The minimum atomic E-state index is 0. The monoisotopic (exact) mass is 313 g/mol. The molecule has 4 nitrogen and oxygen atoms in total. The number of rotatable bonds is 5. The van der Waals surface area contributed by atoms with Gasteiger partial charge in [0.2, 0.25) is 0 Å². The van der Waals surface area contributed by atoms with Gasteiger partial charge < -0.3 is 15.6 Å². The summed E-state index contributed by atoms with van der Waals surface area (Å²) in [5.41, 5.74) is 8.60. The highest BCUT2D eigenvalue weighted by Crippen LogP contribution is 2.32. The number of nitrogens with one attached hydrogen (secondary N) is 1. The number of aryl methyl sites for hydroxylation is 1. The molecule has 0 atom stereocenters. The summed E-state index contributed by atoms with van der Waals surface area (Å²) in [6.07, 6.45) is 7.27. The van der Waals surface area contributed by atoms with Gasteiger partial charge in [0.25, 0.3) is 5.91 Å². The van der Waals surface area contributed by atoms with E-state index in [9.17, 15) is 4.79 Å². The molecule has 2 rings (SSSR count). The molecule has 1 aromatic heterocycles. The van der Waals surface area contributed by atoms with Crippen LogP contribution in [0.2, 0.25) is 0 Å². The predicted octanol–water partition coefficient (Wildman–Crippen LogP) is 3.11. The normalized spacial score (nSPS) is 15.6. The van der Waals surface area contributed by atoms with Crippen LogP contribution in [0.1, 0.15) is 66.3 Å². The zero-order valence-electron chi connectivity index (χ0n) is 13.2. The second kappa shape index (κ2) is 8.44. The molecule has 0 radical (unpaired) electrons. The maximum Gasteiger partial charge on any atom is 0.253 e. The number of nitrogens with two attached hydrogens (primary N) is 1. The molecule has 120 valence electrons. The Bertz CT molecular complexity index is 464. The molecule has 0 bridgehead atoms. The van der Waals surface area contributed by atoms with Crippen LogP contribution in [-0.4, -0.2) is 23.6 Å². The molecule has 0 spiro atoms. The van der Waals surface area contributed by atoms with E-state index in [0.717, 1.165) is 17.7 Å². The highest BCUT2D eigenvalue weighted by molar-refractivity contribution is 5.95. The summed E-state index contributed by atoms with van der Waals surface area (Å²) < 4.78 is 2.37. The summed E-state index contributed by atoms with van der Waals surface area (Å²) in [6, 6.07) is 2.61. The third kappa shape index (κ3) is 4.24. The van der Waals surface area contributed by atoms with E-state index in [2.05, 4.69) is 23.7 Å². The van der Waals surface area contributed by atoms with Crippen molar-refractivity contribution in [2.45, 2.75) is 58.4 Å². The van der Waals surface area contributed by atoms with Crippen LogP contribution in [0.15, 0.2) is 6.07 Å². The van der Waals surface area contributed by atoms with E-state index in [4.69, 9.17) is 5.73 Å². The van der Waals surface area contributed by atoms with Gasteiger partial charge in [0, 0.05) is 24.0 Å². The zero-order valence-corrected chi connectivity index (χ0v) is 14.0. The first-order valence-corrected chi connectivity index (χ1v) is 7.82. The van der Waals surface area contributed by atoms with Crippen molar-refractivity contribution in [3.05, 3.63) is 23.0 Å². The Labute approximate surface area is 133 Å². The van der Waals surface area contributed by atoms with Gasteiger partial charge in [-0.25, -0.2) is 0 Å². The fourth-order valence-corrected chi connectivity index (χ4v) is 3.31. The summed E-state index contributed by atoms with van der Waals surface area (Å²) in [5.74, 6) is 0.0357. The second-order valence-corrected chi connectivity index (χ2v) is 5.84. The van der Waals surface area contributed by atoms with E-state index in [0.29, 0.717) is 19.1 Å². The standard InChI is InChI=1S/C16H27N3O.ClH/c1-12-11-15(16(20)18-10-6-9-17)13(2)19(12)14-7-4-3-5-8-14;/h11,14H,3-10,17H2,1-2H3,(H,18,20);1H. The molecule has 1 aliphatic rings. The average molecular weight is 314 g/mol. The van der Waals surface area contributed by atoms with Gasteiger partial charge in [0.05, 0.1) is 5.56 Å². The number of carbonyl (C=O) groups excluding carboxylic acids is 1. The van der Waals surface area contributed by atoms with Crippen LogP contribution in [0.5, 0.6) is 0 Å². The lowest BCUT2D eigenvalue weighted by Gasteiger charge is -2.26. The number of hydrogen-bond donors (Lipinski definition) is 2. The van der Waals surface area contributed by atoms with Gasteiger partial charge in [-0.15, -0.1) is 12.4 Å². The number of halogens is 1. The van der Waals surface area contributed by atoms with Gasteiger partial charge in [0.15, 0.2) is 0 Å². The first-order chi connectivity index (χ1) is 9.65. The minimum Gasteiger partial charge on any atom is -0.352 e. The first-order valence-electron chi connectivity index (χ1n) is 7.82. The van der Waals surface area contributed by atoms with Crippen LogP contribution in [0.4, 0.5) is 0 Å². The van der Waals surface area contributed by atoms with Gasteiger partial charge >= 0.3 is 0 Å². The van der Waals surface area contributed by atoms with Gasteiger partial charge in [-0.2, -0.15) is 0 Å². The highest BCUT2D eigenvalue weighted by atomic mass is 35.5. The Morgan fingerprint density at radius 2 is 2.00 bits per heavy atom. The lowest BCUT2D eigenvalue weighted by molar-refractivity contribution is 0.0952. The van der Waals surface area contributed by atoms with Crippen molar-refractivity contribution >= 4 is 18.3 Å². The van der Waals surface area contributed by atoms with E-state index in [1.54, 1.807) is 0 Å². The van der Waals surface area contributed by atoms with Crippen molar-refractivity contribution in [2.24, 2.45) is 5.73 Å². The summed E-state index contributed by atoms with van der Waals surface area (Å²) in [7, 11) is 0. The lowest BCUT2D eigenvalue weighted by Crippen LogP contribution is -2.26. The van der Waals surface area contributed by atoms with E-state index in [1.807, 2.05) is 6.07 Å². The quantitative estimate of drug-likeness (QED) is 0.821. The molecule has 3 N–H and O–H groups in total. The largest absolute Gasteiger partial charge is 0.352 e. The molecule has 0 aromatic carbocycles. The van der Waals surface area contributed by atoms with E-state index in [1.165, 1.54) is 37.8 Å². The fraction of sp³-hybridized carbons (Fsp3) is 0.688. The average Bonchev–Trinajstić information content (AvgIpc) is 2.75. The van der Waals surface area contributed by atoms with Gasteiger partial charge in [-0.3, -0.25) is 4.79 Å². The smallest absolute Gasteiger partial charge is 0.253 e. The molecule has 1 fully saturated rings. The molecule has 1 amide bonds. The fourth-order valence-electron chi connectivity index (χ4n) is 3.31. The van der Waals surface area contributed by atoms with Gasteiger partial charge in [-0.05, 0) is 45.7 Å². The van der Waals surface area contributed by atoms with Crippen LogP contribution in [0, 0.1) is 13.8 Å². The summed E-state index contributed by atoms with van der Waals surface area (Å²) in [4.78, 5) is 12.2. The topological polar surface area (TPSA) is 60.1 Å². The van der Waals surface area contributed by atoms with Crippen molar-refractivity contribution in [1.29, 1.82) is 0 Å². The van der Waals surface area contributed by atoms with Crippen LogP contribution < -0.4 is 11.1 Å². The summed E-state index contributed by atoms with van der Waals surface area (Å²) >= 11 is 0. The summed E-state index contributed by atoms with van der Waals surface area (Å²) in [6.45, 7) is 5.45.